The molecule has 3 rings (SSSR count). The Morgan fingerprint density at radius 2 is 1.44 bits per heavy atom. The minimum atomic E-state index is -3.52. The first-order valence-electron chi connectivity index (χ1n) is 8.49. The molecule has 0 saturated heterocycles. The summed E-state index contributed by atoms with van der Waals surface area (Å²) in [5.41, 5.74) is 1.78. The predicted molar refractivity (Wildman–Crippen MR) is 107 cm³/mol. The molecule has 1 amide bonds. The number of carbonyl (C=O) groups excluding carboxylic acids is 1. The summed E-state index contributed by atoms with van der Waals surface area (Å²) in [7, 11) is -3.52. The first-order chi connectivity index (χ1) is 13.1. The number of hydrogen-bond donors (Lipinski definition) is 2. The average Bonchev–Trinajstić information content (AvgIpc) is 3.23. The maximum Gasteiger partial charge on any atom is 0.250 e. The topological polar surface area (TPSA) is 75.3 Å². The van der Waals surface area contributed by atoms with E-state index in [9.17, 15) is 13.2 Å². The highest BCUT2D eigenvalue weighted by Crippen LogP contribution is 2.24. The quantitative estimate of drug-likeness (QED) is 0.571. The van der Waals surface area contributed by atoms with E-state index in [0.717, 1.165) is 22.5 Å². The molecule has 0 spiro atoms. The van der Waals surface area contributed by atoms with Crippen molar-refractivity contribution >= 4 is 27.3 Å². The third-order valence-corrected chi connectivity index (χ3v) is 6.86. The van der Waals surface area contributed by atoms with Crippen molar-refractivity contribution in [3.8, 4) is 0 Å². The maximum absolute atomic E-state index is 12.8. The molecule has 0 atom stereocenters. The standard InChI is InChI=1S/C20H20N2O3S2/c23-20(21-13-14-22-27(24,25)18-12-7-15-26-18)19(16-8-3-1-4-9-16)17-10-5-2-6-11-17/h1-12,15,19,22H,13-14H2,(H,21,23). The van der Waals surface area contributed by atoms with Crippen molar-refractivity contribution in [2.75, 3.05) is 13.1 Å². The predicted octanol–water partition coefficient (Wildman–Crippen LogP) is 2.97. The number of nitrogens with one attached hydrogen (secondary N) is 2. The summed E-state index contributed by atoms with van der Waals surface area (Å²) in [5.74, 6) is -0.607. The lowest BCUT2D eigenvalue weighted by Crippen LogP contribution is -2.37. The molecule has 7 heteroatoms. The summed E-state index contributed by atoms with van der Waals surface area (Å²) < 4.78 is 27.0. The fraction of sp³-hybridized carbons (Fsp3) is 0.150. The molecule has 2 aromatic carbocycles. The van der Waals surface area contributed by atoms with Gasteiger partial charge in [0.25, 0.3) is 0 Å². The van der Waals surface area contributed by atoms with E-state index in [1.165, 1.54) is 0 Å². The van der Waals surface area contributed by atoms with Gasteiger partial charge in [-0.25, -0.2) is 13.1 Å². The number of benzene rings is 2. The lowest BCUT2D eigenvalue weighted by atomic mass is 9.90. The van der Waals surface area contributed by atoms with Crippen LogP contribution in [0.25, 0.3) is 0 Å². The molecular weight excluding hydrogens is 380 g/mol. The van der Waals surface area contributed by atoms with Crippen LogP contribution in [0.1, 0.15) is 17.0 Å². The summed E-state index contributed by atoms with van der Waals surface area (Å²) in [6.07, 6.45) is 0. The minimum absolute atomic E-state index is 0.127. The highest BCUT2D eigenvalue weighted by Gasteiger charge is 2.22. The molecule has 1 heterocycles. The molecule has 140 valence electrons. The van der Waals surface area contributed by atoms with E-state index >= 15 is 0 Å². The molecule has 3 aromatic rings. The lowest BCUT2D eigenvalue weighted by molar-refractivity contribution is -0.121. The van der Waals surface area contributed by atoms with Gasteiger partial charge in [0.15, 0.2) is 0 Å². The monoisotopic (exact) mass is 400 g/mol. The van der Waals surface area contributed by atoms with E-state index in [1.54, 1.807) is 17.5 Å². The molecule has 2 N–H and O–H groups in total. The zero-order valence-electron chi connectivity index (χ0n) is 14.5. The molecule has 0 radical (unpaired) electrons. The Morgan fingerprint density at radius 1 is 0.852 bits per heavy atom. The van der Waals surface area contributed by atoms with Crippen LogP contribution in [0.5, 0.6) is 0 Å². The van der Waals surface area contributed by atoms with Crippen molar-refractivity contribution in [2.24, 2.45) is 0 Å². The van der Waals surface area contributed by atoms with Gasteiger partial charge in [-0.05, 0) is 22.6 Å². The highest BCUT2D eigenvalue weighted by molar-refractivity contribution is 7.91. The summed E-state index contributed by atoms with van der Waals surface area (Å²) >= 11 is 1.16. The molecule has 0 fully saturated rings. The van der Waals surface area contributed by atoms with Gasteiger partial charge in [0, 0.05) is 13.1 Å². The summed E-state index contributed by atoms with van der Waals surface area (Å²) in [6.45, 7) is 0.335. The van der Waals surface area contributed by atoms with Crippen LogP contribution >= 0.6 is 11.3 Å². The summed E-state index contributed by atoms with van der Waals surface area (Å²) in [4.78, 5) is 12.8. The molecule has 0 bridgehead atoms. The van der Waals surface area contributed by atoms with Crippen LogP contribution in [0, 0.1) is 0 Å². The van der Waals surface area contributed by atoms with Crippen LogP contribution < -0.4 is 10.0 Å². The molecule has 5 nitrogen and oxygen atoms in total. The van der Waals surface area contributed by atoms with Crippen LogP contribution in [-0.4, -0.2) is 27.4 Å². The summed E-state index contributed by atoms with van der Waals surface area (Å²) in [5, 5.41) is 4.54. The molecule has 0 aliphatic rings. The van der Waals surface area contributed by atoms with Crippen molar-refractivity contribution in [3.63, 3.8) is 0 Å². The Bertz CT molecular complexity index is 917. The van der Waals surface area contributed by atoms with Crippen molar-refractivity contribution in [3.05, 3.63) is 89.3 Å². The minimum Gasteiger partial charge on any atom is -0.354 e. The third-order valence-electron chi connectivity index (χ3n) is 4.00. The van der Waals surface area contributed by atoms with Crippen LogP contribution in [-0.2, 0) is 14.8 Å². The maximum atomic E-state index is 12.8. The van der Waals surface area contributed by atoms with Gasteiger partial charge < -0.3 is 5.32 Å². The van der Waals surface area contributed by atoms with Gasteiger partial charge in [0.05, 0.1) is 5.92 Å². The van der Waals surface area contributed by atoms with Gasteiger partial charge in [0.1, 0.15) is 4.21 Å². The van der Waals surface area contributed by atoms with Gasteiger partial charge in [0.2, 0.25) is 15.9 Å². The molecule has 0 aliphatic carbocycles. The van der Waals surface area contributed by atoms with E-state index in [1.807, 2.05) is 60.7 Å². The highest BCUT2D eigenvalue weighted by atomic mass is 32.2. The SMILES string of the molecule is O=C(NCCNS(=O)(=O)c1cccs1)C(c1ccccc1)c1ccccc1. The number of hydrogen-bond acceptors (Lipinski definition) is 4. The van der Waals surface area contributed by atoms with Crippen molar-refractivity contribution in [1.82, 2.24) is 10.0 Å². The van der Waals surface area contributed by atoms with Gasteiger partial charge in [-0.15, -0.1) is 11.3 Å². The van der Waals surface area contributed by atoms with E-state index in [-0.39, 0.29) is 23.2 Å². The zero-order valence-corrected chi connectivity index (χ0v) is 16.2. The zero-order chi connectivity index (χ0) is 19.1. The van der Waals surface area contributed by atoms with Crippen molar-refractivity contribution in [1.29, 1.82) is 0 Å². The van der Waals surface area contributed by atoms with Crippen LogP contribution in [0.2, 0.25) is 0 Å². The number of rotatable bonds is 8. The van der Waals surface area contributed by atoms with Crippen LogP contribution in [0.15, 0.2) is 82.4 Å². The first-order valence-corrected chi connectivity index (χ1v) is 10.8. The molecular formula is C20H20N2O3S2. The second-order valence-corrected chi connectivity index (χ2v) is 8.82. The molecule has 0 aliphatic heterocycles. The van der Waals surface area contributed by atoms with Crippen LogP contribution in [0.3, 0.4) is 0 Å². The van der Waals surface area contributed by atoms with Crippen molar-refractivity contribution in [2.45, 2.75) is 10.1 Å². The first kappa shape index (κ1) is 19.3. The second-order valence-electron chi connectivity index (χ2n) is 5.88. The van der Waals surface area contributed by atoms with E-state index < -0.39 is 15.9 Å². The normalized spacial score (nSPS) is 11.4. The van der Waals surface area contributed by atoms with Gasteiger partial charge in [-0.3, -0.25) is 4.79 Å². The number of amides is 1. The van der Waals surface area contributed by atoms with Crippen molar-refractivity contribution < 1.29 is 13.2 Å². The summed E-state index contributed by atoms with van der Waals surface area (Å²) in [6, 6.07) is 22.3. The lowest BCUT2D eigenvalue weighted by Gasteiger charge is -2.18. The van der Waals surface area contributed by atoms with E-state index in [0.29, 0.717) is 0 Å². The van der Waals surface area contributed by atoms with Gasteiger partial charge >= 0.3 is 0 Å². The molecule has 0 unspecified atom stereocenters. The van der Waals surface area contributed by atoms with E-state index in [2.05, 4.69) is 10.0 Å². The van der Waals surface area contributed by atoms with Gasteiger partial charge in [-0.2, -0.15) is 0 Å². The number of carbonyl (C=O) groups is 1. The fourth-order valence-electron chi connectivity index (χ4n) is 2.75. The number of thiophene rings is 1. The fourth-order valence-corrected chi connectivity index (χ4v) is 4.82. The Hall–Kier alpha value is -2.48. The Morgan fingerprint density at radius 3 is 1.96 bits per heavy atom. The number of sulfonamides is 1. The average molecular weight is 401 g/mol. The Kier molecular flexibility index (Phi) is 6.39. The third kappa shape index (κ3) is 5.03. The molecule has 1 aromatic heterocycles. The van der Waals surface area contributed by atoms with E-state index in [4.69, 9.17) is 0 Å². The Labute approximate surface area is 163 Å². The second kappa shape index (κ2) is 8.94. The Balaban J connectivity index is 1.64. The smallest absolute Gasteiger partial charge is 0.250 e. The van der Waals surface area contributed by atoms with Gasteiger partial charge in [-0.1, -0.05) is 66.7 Å². The molecule has 27 heavy (non-hydrogen) atoms. The van der Waals surface area contributed by atoms with Crippen LogP contribution in [0.4, 0.5) is 0 Å². The molecule has 0 saturated carbocycles. The largest absolute Gasteiger partial charge is 0.354 e.